The molecule has 1 aliphatic rings. The Hall–Kier alpha value is -2.43. The van der Waals surface area contributed by atoms with Crippen LogP contribution in [0.5, 0.6) is 0 Å². The van der Waals surface area contributed by atoms with E-state index in [1.54, 1.807) is 18.3 Å². The lowest BCUT2D eigenvalue weighted by Crippen LogP contribution is -2.46. The number of aliphatic carboxylic acids is 1. The van der Waals surface area contributed by atoms with Crippen LogP contribution in [0.3, 0.4) is 0 Å². The van der Waals surface area contributed by atoms with Gasteiger partial charge < -0.3 is 10.4 Å². The van der Waals surface area contributed by atoms with Crippen LogP contribution < -0.4 is 5.32 Å². The Labute approximate surface area is 134 Å². The van der Waals surface area contributed by atoms with Gasteiger partial charge in [0, 0.05) is 11.6 Å². The number of rotatable bonds is 4. The van der Waals surface area contributed by atoms with Crippen LogP contribution in [0.15, 0.2) is 36.5 Å². The van der Waals surface area contributed by atoms with E-state index in [-0.39, 0.29) is 11.8 Å². The number of nitrogens with one attached hydrogen (secondary N) is 1. The predicted octanol–water partition coefficient (Wildman–Crippen LogP) is 3.00. The number of carbonyl (C=O) groups excluding carboxylic acids is 1. The van der Waals surface area contributed by atoms with E-state index in [2.05, 4.69) is 10.3 Å². The van der Waals surface area contributed by atoms with Crippen molar-refractivity contribution >= 4 is 22.8 Å². The molecule has 120 valence electrons. The number of aromatic nitrogens is 1. The fourth-order valence-corrected chi connectivity index (χ4v) is 3.36. The van der Waals surface area contributed by atoms with Crippen molar-refractivity contribution in [2.24, 2.45) is 5.92 Å². The summed E-state index contributed by atoms with van der Waals surface area (Å²) in [5, 5.41) is 13.1. The molecular weight excluding hydrogens is 292 g/mol. The van der Waals surface area contributed by atoms with Crippen LogP contribution in [-0.2, 0) is 4.79 Å². The minimum atomic E-state index is -0.960. The first kappa shape index (κ1) is 15.5. The molecule has 1 heterocycles. The van der Waals surface area contributed by atoms with Gasteiger partial charge in [-0.25, -0.2) is 4.79 Å². The summed E-state index contributed by atoms with van der Waals surface area (Å²) in [6, 6.07) is 8.22. The predicted molar refractivity (Wildman–Crippen MR) is 87.2 cm³/mol. The number of hydrogen-bond acceptors (Lipinski definition) is 3. The van der Waals surface area contributed by atoms with Crippen molar-refractivity contribution in [1.82, 2.24) is 10.3 Å². The van der Waals surface area contributed by atoms with Crippen molar-refractivity contribution in [1.29, 1.82) is 0 Å². The number of para-hydroxylation sites is 1. The molecule has 1 aliphatic carbocycles. The Morgan fingerprint density at radius 1 is 1.13 bits per heavy atom. The van der Waals surface area contributed by atoms with E-state index >= 15 is 0 Å². The first-order valence-corrected chi connectivity index (χ1v) is 8.04. The van der Waals surface area contributed by atoms with Crippen molar-refractivity contribution < 1.29 is 14.7 Å². The van der Waals surface area contributed by atoms with Crippen molar-refractivity contribution in [3.05, 3.63) is 42.1 Å². The molecule has 2 N–H and O–H groups in total. The topological polar surface area (TPSA) is 79.3 Å². The molecule has 0 spiro atoms. The third kappa shape index (κ3) is 3.33. The molecule has 1 atom stereocenters. The summed E-state index contributed by atoms with van der Waals surface area (Å²) in [6.07, 6.45) is 6.54. The van der Waals surface area contributed by atoms with Crippen LogP contribution in [0.25, 0.3) is 10.9 Å². The molecule has 0 radical (unpaired) electrons. The summed E-state index contributed by atoms with van der Waals surface area (Å²) in [5.41, 5.74) is 1.02. The molecule has 3 rings (SSSR count). The molecule has 1 aromatic carbocycles. The molecule has 5 heteroatoms. The molecule has 23 heavy (non-hydrogen) atoms. The molecule has 5 nitrogen and oxygen atoms in total. The second-order valence-electron chi connectivity index (χ2n) is 6.07. The maximum Gasteiger partial charge on any atom is 0.326 e. The normalized spacial score (nSPS) is 16.9. The van der Waals surface area contributed by atoms with Crippen LogP contribution >= 0.6 is 0 Å². The quantitative estimate of drug-likeness (QED) is 0.909. The molecule has 1 saturated carbocycles. The summed E-state index contributed by atoms with van der Waals surface area (Å²) in [5.74, 6) is -1.32. The van der Waals surface area contributed by atoms with Crippen LogP contribution in [-0.4, -0.2) is 28.0 Å². The van der Waals surface area contributed by atoms with Gasteiger partial charge in [0.2, 0.25) is 0 Å². The van der Waals surface area contributed by atoms with E-state index < -0.39 is 12.0 Å². The lowest BCUT2D eigenvalue weighted by molar-refractivity contribution is -0.141. The monoisotopic (exact) mass is 312 g/mol. The Bertz CT molecular complexity index is 718. The van der Waals surface area contributed by atoms with Gasteiger partial charge in [-0.3, -0.25) is 9.78 Å². The number of benzene rings is 1. The van der Waals surface area contributed by atoms with E-state index in [1.165, 1.54) is 0 Å². The summed E-state index contributed by atoms with van der Waals surface area (Å²) in [4.78, 5) is 28.5. The highest BCUT2D eigenvalue weighted by molar-refractivity contribution is 6.06. The molecule has 0 unspecified atom stereocenters. The summed E-state index contributed by atoms with van der Waals surface area (Å²) in [7, 11) is 0. The van der Waals surface area contributed by atoms with Gasteiger partial charge in [-0.1, -0.05) is 37.5 Å². The maximum atomic E-state index is 12.6. The molecule has 2 aromatic rings. The second-order valence-corrected chi connectivity index (χ2v) is 6.07. The molecule has 1 amide bonds. The van der Waals surface area contributed by atoms with Crippen LogP contribution in [0.2, 0.25) is 0 Å². The first-order valence-electron chi connectivity index (χ1n) is 8.04. The number of amides is 1. The Balaban J connectivity index is 1.84. The summed E-state index contributed by atoms with van der Waals surface area (Å²) in [6.45, 7) is 0. The minimum absolute atomic E-state index is 0.00753. The number of fused-ring (bicyclic) bond motifs is 1. The highest BCUT2D eigenvalue weighted by atomic mass is 16.4. The number of carboxylic acid groups (broad SMARTS) is 1. The maximum absolute atomic E-state index is 12.6. The van der Waals surface area contributed by atoms with E-state index in [0.29, 0.717) is 11.1 Å². The zero-order chi connectivity index (χ0) is 16.2. The van der Waals surface area contributed by atoms with Crippen molar-refractivity contribution in [2.45, 2.75) is 38.1 Å². The largest absolute Gasteiger partial charge is 0.480 e. The number of nitrogens with zero attached hydrogens (tertiary/aromatic N) is 1. The zero-order valence-corrected chi connectivity index (χ0v) is 12.9. The molecule has 1 aromatic heterocycles. The summed E-state index contributed by atoms with van der Waals surface area (Å²) >= 11 is 0. The van der Waals surface area contributed by atoms with Crippen molar-refractivity contribution in [3.8, 4) is 0 Å². The first-order chi connectivity index (χ1) is 11.2. The molecule has 1 fully saturated rings. The van der Waals surface area contributed by atoms with Crippen LogP contribution in [0.4, 0.5) is 0 Å². The van der Waals surface area contributed by atoms with Gasteiger partial charge in [0.25, 0.3) is 5.91 Å². The molecule has 0 bridgehead atoms. The van der Waals surface area contributed by atoms with Gasteiger partial charge in [-0.2, -0.15) is 0 Å². The van der Waals surface area contributed by atoms with Gasteiger partial charge in [0.1, 0.15) is 6.04 Å². The minimum Gasteiger partial charge on any atom is -0.480 e. The number of pyridine rings is 1. The van der Waals surface area contributed by atoms with E-state index in [0.717, 1.165) is 37.5 Å². The third-order valence-corrected chi connectivity index (χ3v) is 4.55. The van der Waals surface area contributed by atoms with Gasteiger partial charge >= 0.3 is 5.97 Å². The lowest BCUT2D eigenvalue weighted by atomic mass is 9.84. The standard InChI is InChI=1S/C18H20N2O3/c21-17(14-10-4-8-12-9-5-11-19-15(12)14)20-16(18(22)23)13-6-2-1-3-7-13/h4-5,8-11,13,16H,1-3,6-7H2,(H,20,21)(H,22,23)/t16-/m1/s1. The Kier molecular flexibility index (Phi) is 4.55. The van der Waals surface area contributed by atoms with Crippen LogP contribution in [0.1, 0.15) is 42.5 Å². The van der Waals surface area contributed by atoms with Gasteiger partial charge in [-0.05, 0) is 30.9 Å². The number of carboxylic acids is 1. The van der Waals surface area contributed by atoms with Crippen molar-refractivity contribution in [3.63, 3.8) is 0 Å². The lowest BCUT2D eigenvalue weighted by Gasteiger charge is -2.28. The molecule has 0 aliphatic heterocycles. The molecule has 0 saturated heterocycles. The van der Waals surface area contributed by atoms with Gasteiger partial charge in [0.15, 0.2) is 0 Å². The van der Waals surface area contributed by atoms with E-state index in [4.69, 9.17) is 0 Å². The number of hydrogen-bond donors (Lipinski definition) is 2. The van der Waals surface area contributed by atoms with Gasteiger partial charge in [0.05, 0.1) is 11.1 Å². The third-order valence-electron chi connectivity index (χ3n) is 4.55. The second kappa shape index (κ2) is 6.77. The highest BCUT2D eigenvalue weighted by Gasteiger charge is 2.31. The van der Waals surface area contributed by atoms with Gasteiger partial charge in [-0.15, -0.1) is 0 Å². The molecular formula is C18H20N2O3. The van der Waals surface area contributed by atoms with E-state index in [9.17, 15) is 14.7 Å². The zero-order valence-electron chi connectivity index (χ0n) is 12.9. The Morgan fingerprint density at radius 2 is 1.87 bits per heavy atom. The fraction of sp³-hybridized carbons (Fsp3) is 0.389. The Morgan fingerprint density at radius 3 is 2.61 bits per heavy atom. The highest BCUT2D eigenvalue weighted by Crippen LogP contribution is 2.27. The van der Waals surface area contributed by atoms with E-state index in [1.807, 2.05) is 18.2 Å². The fourth-order valence-electron chi connectivity index (χ4n) is 3.36. The van der Waals surface area contributed by atoms with Crippen LogP contribution in [0, 0.1) is 5.92 Å². The SMILES string of the molecule is O=C(N[C@@H](C(=O)O)C1CCCCC1)c1cccc2cccnc12. The average molecular weight is 312 g/mol. The number of carbonyl (C=O) groups is 2. The smallest absolute Gasteiger partial charge is 0.326 e. The summed E-state index contributed by atoms with van der Waals surface area (Å²) < 4.78 is 0. The average Bonchev–Trinajstić information content (AvgIpc) is 2.59. The van der Waals surface area contributed by atoms with Crippen molar-refractivity contribution in [2.75, 3.05) is 0 Å².